The number of aliphatic hydroxyl groups is 2. The maximum atomic E-state index is 14.1. The van der Waals surface area contributed by atoms with Gasteiger partial charge >= 0.3 is 0 Å². The summed E-state index contributed by atoms with van der Waals surface area (Å²) in [5, 5.41) is 36.8. The molecular weight excluding hydrogens is 479 g/mol. The molecule has 1 saturated heterocycles. The molecule has 198 valence electrons. The highest BCUT2D eigenvalue weighted by Crippen LogP contribution is 2.42. The average molecular weight is 513 g/mol. The molecule has 3 aliphatic rings. The Kier molecular flexibility index (Phi) is 6.17. The summed E-state index contributed by atoms with van der Waals surface area (Å²) in [7, 11) is 0. The summed E-state index contributed by atoms with van der Waals surface area (Å²) >= 11 is 0. The Morgan fingerprint density at radius 1 is 1.16 bits per heavy atom. The molecule has 37 heavy (non-hydrogen) atoms. The van der Waals surface area contributed by atoms with Crippen LogP contribution in [0.5, 0.6) is 11.5 Å². The molecule has 1 amide bonds. The fraction of sp³-hybridized carbons (Fsp3) is 0.481. The molecule has 2 aromatic carbocycles. The molecule has 0 saturated carbocycles. The molecule has 0 spiro atoms. The van der Waals surface area contributed by atoms with E-state index in [0.29, 0.717) is 41.2 Å². The van der Waals surface area contributed by atoms with Gasteiger partial charge in [-0.3, -0.25) is 20.4 Å². The van der Waals surface area contributed by atoms with Gasteiger partial charge in [-0.1, -0.05) is 6.07 Å². The van der Waals surface area contributed by atoms with Gasteiger partial charge in [0.05, 0.1) is 18.7 Å². The Hall–Kier alpha value is -3.21. The van der Waals surface area contributed by atoms with Crippen LogP contribution in [-0.4, -0.2) is 50.8 Å². The predicted molar refractivity (Wildman–Crippen MR) is 134 cm³/mol. The first kappa shape index (κ1) is 25.4. The van der Waals surface area contributed by atoms with E-state index in [-0.39, 0.29) is 18.3 Å². The van der Waals surface area contributed by atoms with Crippen molar-refractivity contribution in [3.63, 3.8) is 0 Å². The highest BCUT2D eigenvalue weighted by atomic mass is 19.1. The van der Waals surface area contributed by atoms with Gasteiger partial charge in [0, 0.05) is 29.5 Å². The maximum Gasteiger partial charge on any atom is 0.232 e. The van der Waals surface area contributed by atoms with Crippen molar-refractivity contribution in [1.82, 2.24) is 15.5 Å². The zero-order valence-electron chi connectivity index (χ0n) is 21.3. The van der Waals surface area contributed by atoms with E-state index in [9.17, 15) is 19.4 Å². The number of hydrogen-bond acceptors (Lipinski definition) is 7. The van der Waals surface area contributed by atoms with Crippen molar-refractivity contribution in [3.05, 3.63) is 58.9 Å². The molecule has 0 aliphatic carbocycles. The number of rotatable bonds is 4. The largest absolute Gasteiger partial charge is 0.493 e. The first-order valence-corrected chi connectivity index (χ1v) is 12.4. The van der Waals surface area contributed by atoms with Crippen molar-refractivity contribution in [2.45, 2.75) is 76.1 Å². The number of nitrogens with zero attached hydrogens (tertiary/aromatic N) is 1. The number of halogens is 1. The van der Waals surface area contributed by atoms with Gasteiger partial charge in [0.25, 0.3) is 0 Å². The number of nitrogens with one attached hydrogen (secondary N) is 3. The van der Waals surface area contributed by atoms with Gasteiger partial charge in [0.1, 0.15) is 35.2 Å². The minimum absolute atomic E-state index is 0.0365. The Morgan fingerprint density at radius 3 is 2.62 bits per heavy atom. The fourth-order valence-electron chi connectivity index (χ4n) is 5.39. The third-order valence-electron chi connectivity index (χ3n) is 7.27. The normalized spacial score (nSPS) is 26.8. The van der Waals surface area contributed by atoms with E-state index in [2.05, 4.69) is 10.6 Å². The molecule has 1 unspecified atom stereocenters. The Labute approximate surface area is 215 Å². The number of amides is 1. The van der Waals surface area contributed by atoms with Crippen LogP contribution < -0.4 is 20.1 Å². The number of ether oxygens (including phenoxy) is 2. The zero-order valence-corrected chi connectivity index (χ0v) is 21.3. The van der Waals surface area contributed by atoms with Crippen molar-refractivity contribution < 1.29 is 28.9 Å². The molecule has 2 aromatic rings. The molecule has 1 fully saturated rings. The van der Waals surface area contributed by atoms with Crippen molar-refractivity contribution in [1.29, 1.82) is 5.41 Å². The van der Waals surface area contributed by atoms with E-state index in [1.807, 2.05) is 13.8 Å². The summed E-state index contributed by atoms with van der Waals surface area (Å²) in [4.78, 5) is 14.5. The van der Waals surface area contributed by atoms with Crippen molar-refractivity contribution in [3.8, 4) is 11.5 Å². The van der Waals surface area contributed by atoms with Crippen LogP contribution in [0.25, 0.3) is 0 Å². The van der Waals surface area contributed by atoms with Crippen LogP contribution in [0.2, 0.25) is 0 Å². The average Bonchev–Trinajstić information content (AvgIpc) is 2.81. The van der Waals surface area contributed by atoms with Gasteiger partial charge in [-0.2, -0.15) is 0 Å². The van der Waals surface area contributed by atoms with Crippen LogP contribution in [0, 0.1) is 11.2 Å². The van der Waals surface area contributed by atoms with E-state index >= 15 is 0 Å². The van der Waals surface area contributed by atoms with Gasteiger partial charge in [-0.05, 0) is 63.6 Å². The predicted octanol–water partition coefficient (Wildman–Crippen LogP) is 3.04. The van der Waals surface area contributed by atoms with Crippen molar-refractivity contribution in [2.24, 2.45) is 0 Å². The molecule has 3 aliphatic heterocycles. The lowest BCUT2D eigenvalue weighted by molar-refractivity contribution is -0.132. The second kappa shape index (κ2) is 8.97. The number of fused-ring (bicyclic) bond motifs is 2. The van der Waals surface area contributed by atoms with Gasteiger partial charge in [-0.25, -0.2) is 4.39 Å². The molecule has 0 aromatic heterocycles. The number of carbonyl (C=O) groups excluding carboxylic acids is 1. The third-order valence-corrected chi connectivity index (χ3v) is 7.27. The number of hydrogen-bond donors (Lipinski definition) is 5. The Bertz CT molecular complexity index is 1230. The first-order valence-electron chi connectivity index (χ1n) is 12.4. The summed E-state index contributed by atoms with van der Waals surface area (Å²) in [6, 6.07) is 8.04. The van der Waals surface area contributed by atoms with Gasteiger partial charge in [-0.15, -0.1) is 0 Å². The van der Waals surface area contributed by atoms with Crippen LogP contribution in [0.3, 0.4) is 0 Å². The van der Waals surface area contributed by atoms with Gasteiger partial charge < -0.3 is 25.0 Å². The van der Waals surface area contributed by atoms with Crippen LogP contribution in [-0.2, 0) is 4.79 Å². The van der Waals surface area contributed by atoms with Crippen LogP contribution in [0.15, 0.2) is 36.4 Å². The van der Waals surface area contributed by atoms with Crippen LogP contribution in [0.1, 0.15) is 75.5 Å². The van der Waals surface area contributed by atoms with E-state index in [1.54, 1.807) is 32.0 Å². The van der Waals surface area contributed by atoms with Gasteiger partial charge in [0.2, 0.25) is 5.91 Å². The lowest BCUT2D eigenvalue weighted by atomic mass is 9.86. The SMILES string of the molecule is CC1(C)CC(=O)N([C@@H]2CCOc3ccc(C(O)N[C@@H]4c5cc(F)ccc5OC(C)(C)[C@H]4O)cc32)C(=N)N1. The molecule has 3 heterocycles. The van der Waals surface area contributed by atoms with E-state index in [4.69, 9.17) is 14.9 Å². The number of aliphatic hydroxyl groups excluding tert-OH is 2. The lowest BCUT2D eigenvalue weighted by Gasteiger charge is -2.44. The molecule has 10 heteroatoms. The standard InChI is InChI=1S/C27H33FN4O5/c1-26(2)13-21(33)32(25(29)31-26)18-9-10-36-19-7-5-14(11-16(18)19)24(35)30-22-17-12-15(28)6-8-20(17)37-27(3,4)23(22)34/h5-8,11-12,18,22-24,30,34-35H,9-10,13H2,1-4H3,(H2,29,31)/t18-,22-,23+,24?/m1/s1. The number of carbonyl (C=O) groups is 1. The summed E-state index contributed by atoms with van der Waals surface area (Å²) < 4.78 is 25.8. The fourth-order valence-corrected chi connectivity index (χ4v) is 5.39. The van der Waals surface area contributed by atoms with Gasteiger partial charge in [0.15, 0.2) is 5.96 Å². The molecule has 9 nitrogen and oxygen atoms in total. The Balaban J connectivity index is 1.44. The molecule has 5 rings (SSSR count). The number of benzene rings is 2. The molecule has 0 bridgehead atoms. The van der Waals surface area contributed by atoms with Crippen LogP contribution >= 0.6 is 0 Å². The number of guanidine groups is 1. The minimum atomic E-state index is -1.23. The zero-order chi connectivity index (χ0) is 26.7. The maximum absolute atomic E-state index is 14.1. The van der Waals surface area contributed by atoms with E-state index in [0.717, 1.165) is 0 Å². The van der Waals surface area contributed by atoms with E-state index < -0.39 is 41.4 Å². The second-order valence-corrected chi connectivity index (χ2v) is 11.1. The highest BCUT2D eigenvalue weighted by Gasteiger charge is 2.44. The third kappa shape index (κ3) is 4.65. The molecule has 4 atom stereocenters. The summed E-state index contributed by atoms with van der Waals surface area (Å²) in [6.07, 6.45) is -1.56. The topological polar surface area (TPSA) is 127 Å². The quantitative estimate of drug-likeness (QED) is 0.399. The minimum Gasteiger partial charge on any atom is -0.493 e. The van der Waals surface area contributed by atoms with Crippen LogP contribution in [0.4, 0.5) is 4.39 Å². The van der Waals surface area contributed by atoms with Crippen molar-refractivity contribution >= 4 is 11.9 Å². The summed E-state index contributed by atoms with van der Waals surface area (Å²) in [6.45, 7) is 7.61. The lowest BCUT2D eigenvalue weighted by Crippen LogP contribution is -2.60. The first-order chi connectivity index (χ1) is 17.4. The summed E-state index contributed by atoms with van der Waals surface area (Å²) in [5.74, 6) is 0.418. The monoisotopic (exact) mass is 512 g/mol. The molecule has 0 radical (unpaired) electrons. The van der Waals surface area contributed by atoms with E-state index in [1.165, 1.54) is 23.1 Å². The highest BCUT2D eigenvalue weighted by molar-refractivity contribution is 5.99. The second-order valence-electron chi connectivity index (χ2n) is 11.1. The van der Waals surface area contributed by atoms with Crippen molar-refractivity contribution in [2.75, 3.05) is 6.61 Å². The molecular formula is C27H33FN4O5. The smallest absolute Gasteiger partial charge is 0.232 e. The Morgan fingerprint density at radius 2 is 1.89 bits per heavy atom. The summed E-state index contributed by atoms with van der Waals surface area (Å²) in [5.41, 5.74) is 0.0872. The molecule has 5 N–H and O–H groups in total.